The monoisotopic (exact) mass is 526 g/mol. The van der Waals surface area contributed by atoms with Crippen LogP contribution in [0.2, 0.25) is 0 Å². The molecule has 6 nitrogen and oxygen atoms in total. The Morgan fingerprint density at radius 3 is 2.76 bits per heavy atom. The van der Waals surface area contributed by atoms with Crippen molar-refractivity contribution >= 4 is 49.7 Å². The third-order valence-electron chi connectivity index (χ3n) is 7.10. The van der Waals surface area contributed by atoms with Crippen molar-refractivity contribution in [2.75, 3.05) is 32.1 Å². The number of carbonyl (C=O) groups excluding carboxylic acids is 1. The predicted molar refractivity (Wildman–Crippen MR) is 151 cm³/mol. The van der Waals surface area contributed by atoms with Crippen LogP contribution >= 0.6 is 11.3 Å². The molecule has 2 aromatic heterocycles. The Hall–Kier alpha value is -3.88. The lowest BCUT2D eigenvalue weighted by atomic mass is 9.98. The van der Waals surface area contributed by atoms with Gasteiger partial charge in [0.05, 0.1) is 21.2 Å². The molecule has 1 amide bonds. The fraction of sp³-hybridized carbons (Fsp3) is 0.233. The molecule has 1 fully saturated rings. The van der Waals surface area contributed by atoms with Crippen LogP contribution in [0.25, 0.3) is 32.2 Å². The summed E-state index contributed by atoms with van der Waals surface area (Å²) in [5, 5.41) is 4.34. The van der Waals surface area contributed by atoms with Crippen molar-refractivity contribution in [3.8, 4) is 11.1 Å². The van der Waals surface area contributed by atoms with E-state index >= 15 is 4.39 Å². The molecule has 5 aromatic rings. The van der Waals surface area contributed by atoms with Gasteiger partial charge in [0.2, 0.25) is 0 Å². The van der Waals surface area contributed by atoms with Crippen LogP contribution in [0.4, 0.5) is 15.8 Å². The predicted octanol–water partition coefficient (Wildman–Crippen LogP) is 6.89. The molecule has 0 atom stereocenters. The highest BCUT2D eigenvalue weighted by atomic mass is 32.1. The van der Waals surface area contributed by atoms with Gasteiger partial charge in [-0.1, -0.05) is 12.1 Å². The number of pyridine rings is 1. The number of nitrogens with one attached hydrogen (secondary N) is 1. The number of anilines is 2. The number of rotatable bonds is 6. The van der Waals surface area contributed by atoms with Crippen molar-refractivity contribution in [2.45, 2.75) is 12.8 Å². The van der Waals surface area contributed by atoms with Gasteiger partial charge in [-0.05, 0) is 72.9 Å². The van der Waals surface area contributed by atoms with Crippen molar-refractivity contribution in [3.05, 3.63) is 83.8 Å². The van der Waals surface area contributed by atoms with E-state index in [0.717, 1.165) is 64.1 Å². The molecule has 0 bridgehead atoms. The second-order valence-electron chi connectivity index (χ2n) is 9.69. The first-order chi connectivity index (χ1) is 18.5. The fourth-order valence-electron chi connectivity index (χ4n) is 5.02. The van der Waals surface area contributed by atoms with Gasteiger partial charge < -0.3 is 15.0 Å². The number of aromatic nitrogens is 2. The van der Waals surface area contributed by atoms with E-state index in [0.29, 0.717) is 23.6 Å². The van der Waals surface area contributed by atoms with Gasteiger partial charge >= 0.3 is 0 Å². The number of hydrogen-bond donors (Lipinski definition) is 1. The molecule has 0 spiro atoms. The van der Waals surface area contributed by atoms with Crippen molar-refractivity contribution in [3.63, 3.8) is 0 Å². The number of hydrogen-bond acceptors (Lipinski definition) is 6. The Balaban J connectivity index is 1.26. The molecule has 8 heteroatoms. The first-order valence-corrected chi connectivity index (χ1v) is 13.6. The maximum Gasteiger partial charge on any atom is 0.253 e. The Morgan fingerprint density at radius 1 is 1.05 bits per heavy atom. The summed E-state index contributed by atoms with van der Waals surface area (Å²) in [6.45, 7) is 2.11. The molecule has 3 heterocycles. The summed E-state index contributed by atoms with van der Waals surface area (Å²) >= 11 is 1.60. The molecule has 0 aliphatic carbocycles. The quantitative estimate of drug-likeness (QED) is 0.261. The van der Waals surface area contributed by atoms with E-state index in [-0.39, 0.29) is 5.91 Å². The van der Waals surface area contributed by atoms with Crippen LogP contribution in [0.5, 0.6) is 0 Å². The number of benzene rings is 3. The van der Waals surface area contributed by atoms with E-state index in [2.05, 4.69) is 15.3 Å². The first-order valence-electron chi connectivity index (χ1n) is 12.7. The molecule has 38 heavy (non-hydrogen) atoms. The first kappa shape index (κ1) is 24.5. The lowest BCUT2D eigenvalue weighted by Crippen LogP contribution is -2.34. The maximum atomic E-state index is 15.4. The molecule has 0 radical (unpaired) electrons. The summed E-state index contributed by atoms with van der Waals surface area (Å²) < 4.78 is 21.9. The average molecular weight is 527 g/mol. The molecular weight excluding hydrogens is 499 g/mol. The van der Waals surface area contributed by atoms with Crippen molar-refractivity contribution in [1.82, 2.24) is 14.9 Å². The van der Waals surface area contributed by atoms with Crippen LogP contribution in [-0.2, 0) is 4.74 Å². The fourth-order valence-corrected chi connectivity index (χ4v) is 5.67. The van der Waals surface area contributed by atoms with E-state index in [1.54, 1.807) is 41.6 Å². The Bertz CT molecular complexity index is 1630. The summed E-state index contributed by atoms with van der Waals surface area (Å²) in [5.74, 6) is -0.186. The summed E-state index contributed by atoms with van der Waals surface area (Å²) in [4.78, 5) is 23.6. The zero-order chi connectivity index (χ0) is 26.1. The summed E-state index contributed by atoms with van der Waals surface area (Å²) in [6, 6.07) is 18.4. The highest BCUT2D eigenvalue weighted by Crippen LogP contribution is 2.32. The topological polar surface area (TPSA) is 67.3 Å². The molecule has 0 unspecified atom stereocenters. The Kier molecular flexibility index (Phi) is 6.74. The lowest BCUT2D eigenvalue weighted by molar-refractivity contribution is 0.0497. The average Bonchev–Trinajstić information content (AvgIpc) is 3.41. The van der Waals surface area contributed by atoms with Gasteiger partial charge in [-0.15, -0.1) is 11.3 Å². The summed E-state index contributed by atoms with van der Waals surface area (Å²) in [5.41, 5.74) is 6.87. The smallest absolute Gasteiger partial charge is 0.253 e. The third-order valence-corrected chi connectivity index (χ3v) is 7.91. The molecule has 1 N–H and O–H groups in total. The second-order valence-corrected chi connectivity index (χ2v) is 10.6. The standard InChI is InChI=1S/C30H27FN4O2S/c1-35(17-19-9-12-37-13-10-19)30(36)21-2-5-23(25(31)15-21)20-3-6-26-24(14-20)27(8-11-32-26)34-22-4-7-29-28(16-22)33-18-38-29/h2-8,11,14-16,18-19H,9-10,12-13,17H2,1H3,(H,32,34). The molecule has 1 aliphatic heterocycles. The third kappa shape index (κ3) is 4.97. The van der Waals surface area contributed by atoms with E-state index in [1.165, 1.54) is 6.07 Å². The minimum Gasteiger partial charge on any atom is -0.381 e. The van der Waals surface area contributed by atoms with Crippen LogP contribution in [0.15, 0.2) is 72.4 Å². The van der Waals surface area contributed by atoms with E-state index in [9.17, 15) is 4.79 Å². The number of nitrogens with zero attached hydrogens (tertiary/aromatic N) is 3. The van der Waals surface area contributed by atoms with Gasteiger partial charge in [0.25, 0.3) is 5.91 Å². The molecule has 0 saturated carbocycles. The van der Waals surface area contributed by atoms with E-state index in [4.69, 9.17) is 4.74 Å². The number of thiazole rings is 1. The van der Waals surface area contributed by atoms with Crippen molar-refractivity contribution in [2.24, 2.45) is 5.92 Å². The minimum absolute atomic E-state index is 0.173. The number of halogens is 1. The highest BCUT2D eigenvalue weighted by molar-refractivity contribution is 7.16. The lowest BCUT2D eigenvalue weighted by Gasteiger charge is -2.27. The second kappa shape index (κ2) is 10.5. The SMILES string of the molecule is CN(CC1CCOCC1)C(=O)c1ccc(-c2ccc3nccc(Nc4ccc5scnc5c4)c3c2)c(F)c1. The molecule has 1 saturated heterocycles. The van der Waals surface area contributed by atoms with E-state index in [1.807, 2.05) is 48.0 Å². The van der Waals surface area contributed by atoms with Gasteiger partial charge in [-0.25, -0.2) is 9.37 Å². The normalized spacial score (nSPS) is 14.2. The molecule has 6 rings (SSSR count). The van der Waals surface area contributed by atoms with Crippen molar-refractivity contribution < 1.29 is 13.9 Å². The Labute approximate surface area is 224 Å². The van der Waals surface area contributed by atoms with Gasteiger partial charge in [0.15, 0.2) is 0 Å². The molecule has 1 aliphatic rings. The van der Waals surface area contributed by atoms with Crippen LogP contribution in [0, 0.1) is 11.7 Å². The zero-order valence-corrected chi connectivity index (χ0v) is 21.8. The van der Waals surface area contributed by atoms with Gasteiger partial charge in [0.1, 0.15) is 5.82 Å². The van der Waals surface area contributed by atoms with E-state index < -0.39 is 5.82 Å². The van der Waals surface area contributed by atoms with Crippen molar-refractivity contribution in [1.29, 1.82) is 0 Å². The Morgan fingerprint density at radius 2 is 1.92 bits per heavy atom. The van der Waals surface area contributed by atoms with Crippen LogP contribution in [0.3, 0.4) is 0 Å². The van der Waals surface area contributed by atoms with Crippen LogP contribution in [-0.4, -0.2) is 47.6 Å². The number of amides is 1. The summed E-state index contributed by atoms with van der Waals surface area (Å²) in [6.07, 6.45) is 3.64. The van der Waals surface area contributed by atoms with Gasteiger partial charge in [0, 0.05) is 60.9 Å². The van der Waals surface area contributed by atoms with Gasteiger partial charge in [-0.2, -0.15) is 0 Å². The number of ether oxygens (including phenoxy) is 1. The molecule has 3 aromatic carbocycles. The molecule has 192 valence electrons. The maximum absolute atomic E-state index is 15.4. The van der Waals surface area contributed by atoms with Crippen LogP contribution < -0.4 is 5.32 Å². The van der Waals surface area contributed by atoms with Crippen LogP contribution in [0.1, 0.15) is 23.2 Å². The minimum atomic E-state index is -0.429. The largest absolute Gasteiger partial charge is 0.381 e. The van der Waals surface area contributed by atoms with Gasteiger partial charge in [-0.3, -0.25) is 9.78 Å². The summed E-state index contributed by atoms with van der Waals surface area (Å²) in [7, 11) is 1.78. The zero-order valence-electron chi connectivity index (χ0n) is 21.0. The molecular formula is C30H27FN4O2S. The highest BCUT2D eigenvalue weighted by Gasteiger charge is 2.20. The number of carbonyl (C=O) groups is 1. The number of fused-ring (bicyclic) bond motifs is 2.